The molecule has 1 aromatic heterocycles. The first-order chi connectivity index (χ1) is 8.56. The van der Waals surface area contributed by atoms with Gasteiger partial charge in [0.15, 0.2) is 0 Å². The van der Waals surface area contributed by atoms with Crippen molar-refractivity contribution in [3.05, 3.63) is 36.0 Å². The van der Waals surface area contributed by atoms with E-state index in [0.717, 1.165) is 16.5 Å². The van der Waals surface area contributed by atoms with Crippen molar-refractivity contribution in [1.82, 2.24) is 9.88 Å². The van der Waals surface area contributed by atoms with Gasteiger partial charge >= 0.3 is 0 Å². The van der Waals surface area contributed by atoms with E-state index in [1.165, 1.54) is 6.08 Å². The number of rotatable bonds is 1. The number of nitrogen functional groups attached to an aromatic ring is 1. The molecule has 5 nitrogen and oxygen atoms in total. The lowest BCUT2D eigenvalue weighted by molar-refractivity contribution is -0.123. The standard InChI is InChI=1S/C13H11N3O2/c1-16-6-10(9-5-12(17)15-13(9)18)8-3-2-7(14)4-11(8)16/h2-6H,14H2,1H3,(H,15,17,18). The molecule has 1 aromatic carbocycles. The first-order valence-corrected chi connectivity index (χ1v) is 5.48. The van der Waals surface area contributed by atoms with Crippen LogP contribution in [0.2, 0.25) is 0 Å². The normalized spacial score (nSPS) is 15.1. The summed E-state index contributed by atoms with van der Waals surface area (Å²) in [6, 6.07) is 5.48. The third-order valence-electron chi connectivity index (χ3n) is 3.06. The molecular formula is C13H11N3O2. The molecule has 0 aliphatic carbocycles. The lowest BCUT2D eigenvalue weighted by Gasteiger charge is -1.99. The van der Waals surface area contributed by atoms with E-state index in [2.05, 4.69) is 5.32 Å². The van der Waals surface area contributed by atoms with E-state index < -0.39 is 0 Å². The minimum Gasteiger partial charge on any atom is -0.399 e. The number of hydrogen-bond acceptors (Lipinski definition) is 3. The van der Waals surface area contributed by atoms with Crippen LogP contribution in [0.15, 0.2) is 30.5 Å². The Kier molecular flexibility index (Phi) is 2.04. The van der Waals surface area contributed by atoms with Gasteiger partial charge < -0.3 is 10.3 Å². The molecule has 2 amide bonds. The zero-order valence-corrected chi connectivity index (χ0v) is 9.73. The molecule has 1 aliphatic rings. The summed E-state index contributed by atoms with van der Waals surface area (Å²) in [6.45, 7) is 0. The summed E-state index contributed by atoms with van der Waals surface area (Å²) < 4.78 is 1.89. The summed E-state index contributed by atoms with van der Waals surface area (Å²) in [5.74, 6) is -0.730. The molecule has 0 unspecified atom stereocenters. The van der Waals surface area contributed by atoms with E-state index in [1.54, 1.807) is 6.07 Å². The van der Waals surface area contributed by atoms with Crippen LogP contribution in [-0.4, -0.2) is 16.4 Å². The van der Waals surface area contributed by atoms with Gasteiger partial charge in [-0.25, -0.2) is 0 Å². The van der Waals surface area contributed by atoms with Gasteiger partial charge in [0, 0.05) is 36.0 Å². The molecule has 0 atom stereocenters. The average molecular weight is 241 g/mol. The van der Waals surface area contributed by atoms with Crippen LogP contribution in [0.4, 0.5) is 5.69 Å². The van der Waals surface area contributed by atoms with Gasteiger partial charge in [-0.3, -0.25) is 14.9 Å². The minimum absolute atomic E-state index is 0.357. The molecule has 3 N–H and O–H groups in total. The van der Waals surface area contributed by atoms with Crippen molar-refractivity contribution >= 4 is 34.0 Å². The number of fused-ring (bicyclic) bond motifs is 1. The van der Waals surface area contributed by atoms with Crippen LogP contribution in [0.25, 0.3) is 16.5 Å². The number of anilines is 1. The SMILES string of the molecule is Cn1cc(C2=CC(=O)NC2=O)c2ccc(N)cc21. The Morgan fingerprint density at radius 3 is 2.72 bits per heavy atom. The largest absolute Gasteiger partial charge is 0.399 e. The summed E-state index contributed by atoms with van der Waals surface area (Å²) in [6.07, 6.45) is 3.15. The second kappa shape index (κ2) is 3.46. The van der Waals surface area contributed by atoms with Gasteiger partial charge in [-0.05, 0) is 12.1 Å². The maximum absolute atomic E-state index is 11.7. The lowest BCUT2D eigenvalue weighted by atomic mass is 10.1. The highest BCUT2D eigenvalue weighted by Crippen LogP contribution is 2.29. The van der Waals surface area contributed by atoms with Crippen LogP contribution in [0, 0.1) is 0 Å². The fourth-order valence-corrected chi connectivity index (χ4v) is 2.23. The van der Waals surface area contributed by atoms with Crippen LogP contribution in [0.3, 0.4) is 0 Å². The first kappa shape index (κ1) is 10.6. The number of nitrogens with zero attached hydrogens (tertiary/aromatic N) is 1. The number of benzene rings is 1. The van der Waals surface area contributed by atoms with E-state index in [0.29, 0.717) is 11.3 Å². The lowest BCUT2D eigenvalue weighted by Crippen LogP contribution is -2.21. The number of nitrogens with two attached hydrogens (primary N) is 1. The molecule has 1 aliphatic heterocycles. The predicted octanol–water partition coefficient (Wildman–Crippen LogP) is 0.800. The summed E-state index contributed by atoms with van der Waals surface area (Å²) >= 11 is 0. The van der Waals surface area contributed by atoms with E-state index in [4.69, 9.17) is 5.73 Å². The molecule has 5 heteroatoms. The highest BCUT2D eigenvalue weighted by atomic mass is 16.2. The fourth-order valence-electron chi connectivity index (χ4n) is 2.23. The zero-order chi connectivity index (χ0) is 12.9. The van der Waals surface area contributed by atoms with Gasteiger partial charge in [0.25, 0.3) is 11.8 Å². The summed E-state index contributed by atoms with van der Waals surface area (Å²) in [7, 11) is 1.88. The van der Waals surface area contributed by atoms with Crippen molar-refractivity contribution in [3.63, 3.8) is 0 Å². The fraction of sp³-hybridized carbons (Fsp3) is 0.0769. The Morgan fingerprint density at radius 2 is 2.06 bits per heavy atom. The molecule has 0 fully saturated rings. The number of hydrogen-bond donors (Lipinski definition) is 2. The van der Waals surface area contributed by atoms with E-state index in [1.807, 2.05) is 29.9 Å². The number of aryl methyl sites for hydroxylation is 1. The molecule has 2 aromatic rings. The van der Waals surface area contributed by atoms with Gasteiger partial charge in [-0.15, -0.1) is 0 Å². The van der Waals surface area contributed by atoms with E-state index in [-0.39, 0.29) is 11.8 Å². The Bertz CT molecular complexity index is 725. The second-order valence-corrected chi connectivity index (χ2v) is 4.31. The number of carbonyl (C=O) groups excluding carboxylic acids is 2. The van der Waals surface area contributed by atoms with Gasteiger partial charge in [0.2, 0.25) is 0 Å². The number of imide groups is 1. The molecule has 0 saturated carbocycles. The Morgan fingerprint density at radius 1 is 1.28 bits per heavy atom. The summed E-state index contributed by atoms with van der Waals surface area (Å²) in [4.78, 5) is 22.9. The number of nitrogens with one attached hydrogen (secondary N) is 1. The van der Waals surface area contributed by atoms with Crippen LogP contribution in [0.1, 0.15) is 5.56 Å². The minimum atomic E-state index is -0.373. The third kappa shape index (κ3) is 1.41. The van der Waals surface area contributed by atoms with Crippen molar-refractivity contribution in [2.45, 2.75) is 0 Å². The van der Waals surface area contributed by atoms with Gasteiger partial charge in [0.1, 0.15) is 0 Å². The van der Waals surface area contributed by atoms with Gasteiger partial charge in [-0.1, -0.05) is 6.07 Å². The number of carbonyl (C=O) groups is 2. The van der Waals surface area contributed by atoms with Crippen LogP contribution in [-0.2, 0) is 16.6 Å². The first-order valence-electron chi connectivity index (χ1n) is 5.48. The Balaban J connectivity index is 2.28. The summed E-state index contributed by atoms with van der Waals surface area (Å²) in [5, 5.41) is 3.15. The zero-order valence-electron chi connectivity index (χ0n) is 9.73. The highest BCUT2D eigenvalue weighted by molar-refractivity contribution is 6.35. The smallest absolute Gasteiger partial charge is 0.258 e. The van der Waals surface area contributed by atoms with Gasteiger partial charge in [0.05, 0.1) is 11.1 Å². The molecule has 2 heterocycles. The quantitative estimate of drug-likeness (QED) is 0.572. The molecule has 3 rings (SSSR count). The van der Waals surface area contributed by atoms with Crippen molar-refractivity contribution in [1.29, 1.82) is 0 Å². The third-order valence-corrected chi connectivity index (χ3v) is 3.06. The van der Waals surface area contributed by atoms with E-state index in [9.17, 15) is 9.59 Å². The van der Waals surface area contributed by atoms with E-state index >= 15 is 0 Å². The topological polar surface area (TPSA) is 77.1 Å². The molecule has 90 valence electrons. The van der Waals surface area contributed by atoms with Gasteiger partial charge in [-0.2, -0.15) is 0 Å². The highest BCUT2D eigenvalue weighted by Gasteiger charge is 2.24. The van der Waals surface area contributed by atoms with Crippen molar-refractivity contribution in [3.8, 4) is 0 Å². The number of amides is 2. The molecule has 18 heavy (non-hydrogen) atoms. The van der Waals surface area contributed by atoms with Crippen molar-refractivity contribution in [2.24, 2.45) is 7.05 Å². The van der Waals surface area contributed by atoms with Crippen molar-refractivity contribution in [2.75, 3.05) is 5.73 Å². The van der Waals surface area contributed by atoms with Crippen LogP contribution in [0.5, 0.6) is 0 Å². The number of aromatic nitrogens is 1. The predicted molar refractivity (Wildman–Crippen MR) is 68.5 cm³/mol. The maximum atomic E-state index is 11.7. The van der Waals surface area contributed by atoms with Crippen LogP contribution < -0.4 is 11.1 Å². The Hall–Kier alpha value is -2.56. The van der Waals surface area contributed by atoms with Crippen LogP contribution >= 0.6 is 0 Å². The average Bonchev–Trinajstić information content (AvgIpc) is 2.80. The molecular weight excluding hydrogens is 230 g/mol. The summed E-state index contributed by atoms with van der Waals surface area (Å²) in [5.41, 5.74) is 8.48. The Labute approximate surface area is 103 Å². The molecule has 0 radical (unpaired) electrons. The monoisotopic (exact) mass is 241 g/mol. The molecule has 0 bridgehead atoms. The van der Waals surface area contributed by atoms with Crippen molar-refractivity contribution < 1.29 is 9.59 Å². The maximum Gasteiger partial charge on any atom is 0.258 e. The second-order valence-electron chi connectivity index (χ2n) is 4.31. The molecule has 0 spiro atoms. The molecule has 0 saturated heterocycles.